The van der Waals surface area contributed by atoms with Gasteiger partial charge in [0, 0.05) is 17.7 Å². The molecule has 0 unspecified atom stereocenters. The second kappa shape index (κ2) is 5.76. The molecule has 0 aromatic carbocycles. The van der Waals surface area contributed by atoms with Gasteiger partial charge < -0.3 is 4.90 Å². The van der Waals surface area contributed by atoms with Gasteiger partial charge in [0.2, 0.25) is 5.91 Å². The highest BCUT2D eigenvalue weighted by atomic mass is 32.2. The van der Waals surface area contributed by atoms with Crippen LogP contribution in [0, 0.1) is 11.8 Å². The number of thioether (sulfide) groups is 1. The normalized spacial score (nSPS) is 42.6. The van der Waals surface area contributed by atoms with Crippen molar-refractivity contribution in [1.29, 1.82) is 0 Å². The van der Waals surface area contributed by atoms with E-state index in [1.165, 1.54) is 31.0 Å². The standard InChI is InChI=1S/C16H24N2O3S2/c1-2-3-15(19)17-16-18(12-7-10-4-5-11(12)6-10)13-8-23(20,21)9-14(13)22-16/h10-14H,2-9H2,1H3/t10-,11-,12+,13+,14+/m0/s1. The SMILES string of the molecule is CCCC(=O)N=C1S[C@@H]2CS(=O)(=O)C[C@H]2N1[C@@H]1C[C@H]2CC[C@H]1C2. The van der Waals surface area contributed by atoms with Crippen molar-refractivity contribution in [3.05, 3.63) is 0 Å². The summed E-state index contributed by atoms with van der Waals surface area (Å²) < 4.78 is 24.1. The predicted molar refractivity (Wildman–Crippen MR) is 92.2 cm³/mol. The number of carbonyl (C=O) groups is 1. The third kappa shape index (κ3) is 2.84. The zero-order valence-electron chi connectivity index (χ0n) is 13.5. The van der Waals surface area contributed by atoms with Crippen molar-refractivity contribution < 1.29 is 13.2 Å². The molecule has 0 N–H and O–H groups in total. The molecule has 2 saturated heterocycles. The third-order valence-electron chi connectivity index (χ3n) is 5.85. The number of amides is 1. The van der Waals surface area contributed by atoms with Crippen LogP contribution >= 0.6 is 11.8 Å². The number of aliphatic imine (C=N–C) groups is 1. The monoisotopic (exact) mass is 356 g/mol. The number of amidine groups is 1. The Bertz CT molecular complexity index is 646. The maximum absolute atomic E-state index is 12.0. The lowest BCUT2D eigenvalue weighted by molar-refractivity contribution is -0.117. The van der Waals surface area contributed by atoms with Gasteiger partial charge >= 0.3 is 0 Å². The molecule has 7 heteroatoms. The van der Waals surface area contributed by atoms with E-state index in [2.05, 4.69) is 9.89 Å². The van der Waals surface area contributed by atoms with Crippen molar-refractivity contribution in [2.45, 2.75) is 62.8 Å². The molecule has 0 aromatic rings. The van der Waals surface area contributed by atoms with E-state index < -0.39 is 9.84 Å². The quantitative estimate of drug-likeness (QED) is 0.774. The highest BCUT2D eigenvalue weighted by Crippen LogP contribution is 2.51. The van der Waals surface area contributed by atoms with Crippen LogP contribution < -0.4 is 0 Å². The van der Waals surface area contributed by atoms with E-state index in [1.54, 1.807) is 0 Å². The fraction of sp³-hybridized carbons (Fsp3) is 0.875. The van der Waals surface area contributed by atoms with Crippen molar-refractivity contribution in [1.82, 2.24) is 4.90 Å². The Morgan fingerprint density at radius 3 is 2.74 bits per heavy atom. The molecule has 0 radical (unpaired) electrons. The maximum Gasteiger partial charge on any atom is 0.248 e. The van der Waals surface area contributed by atoms with Crippen molar-refractivity contribution in [3.63, 3.8) is 0 Å². The second-order valence-electron chi connectivity index (χ2n) is 7.49. The first-order valence-electron chi connectivity index (χ1n) is 8.74. The fourth-order valence-electron chi connectivity index (χ4n) is 4.91. The van der Waals surface area contributed by atoms with Crippen LogP contribution in [0.15, 0.2) is 4.99 Å². The highest BCUT2D eigenvalue weighted by Gasteiger charge is 2.54. The lowest BCUT2D eigenvalue weighted by Crippen LogP contribution is -2.47. The number of nitrogens with zero attached hydrogens (tertiary/aromatic N) is 2. The Morgan fingerprint density at radius 2 is 2.09 bits per heavy atom. The summed E-state index contributed by atoms with van der Waals surface area (Å²) in [5.74, 6) is 1.86. The molecule has 2 heterocycles. The molecule has 2 aliphatic heterocycles. The summed E-state index contributed by atoms with van der Waals surface area (Å²) in [6.07, 6.45) is 6.26. The molecule has 2 saturated carbocycles. The molecule has 0 aromatic heterocycles. The molecule has 4 rings (SSSR count). The van der Waals surface area contributed by atoms with Crippen LogP contribution in [0.1, 0.15) is 45.4 Å². The van der Waals surface area contributed by atoms with Gasteiger partial charge in [-0.25, -0.2) is 8.42 Å². The highest BCUT2D eigenvalue weighted by molar-refractivity contribution is 8.15. The van der Waals surface area contributed by atoms with Gasteiger partial charge in [-0.1, -0.05) is 25.1 Å². The molecule has 23 heavy (non-hydrogen) atoms. The number of fused-ring (bicyclic) bond motifs is 3. The smallest absolute Gasteiger partial charge is 0.248 e. The predicted octanol–water partition coefficient (Wildman–Crippen LogP) is 2.07. The van der Waals surface area contributed by atoms with Gasteiger partial charge in [0.25, 0.3) is 0 Å². The third-order valence-corrected chi connectivity index (χ3v) is 9.07. The minimum atomic E-state index is -2.95. The minimum Gasteiger partial charge on any atom is -0.343 e. The van der Waals surface area contributed by atoms with E-state index in [0.29, 0.717) is 18.4 Å². The van der Waals surface area contributed by atoms with E-state index in [-0.39, 0.29) is 28.7 Å². The van der Waals surface area contributed by atoms with E-state index in [9.17, 15) is 13.2 Å². The molecule has 1 amide bonds. The molecular weight excluding hydrogens is 332 g/mol. The molecular formula is C16H24N2O3S2. The van der Waals surface area contributed by atoms with Crippen LogP contribution in [0.5, 0.6) is 0 Å². The van der Waals surface area contributed by atoms with Crippen LogP contribution in [0.2, 0.25) is 0 Å². The minimum absolute atomic E-state index is 0.0301. The van der Waals surface area contributed by atoms with E-state index >= 15 is 0 Å². The van der Waals surface area contributed by atoms with Gasteiger partial charge in [0.1, 0.15) is 0 Å². The lowest BCUT2D eigenvalue weighted by Gasteiger charge is -2.36. The first-order chi connectivity index (χ1) is 11.0. The average molecular weight is 357 g/mol. The van der Waals surface area contributed by atoms with Gasteiger partial charge in [0.15, 0.2) is 15.0 Å². The molecule has 4 fully saturated rings. The number of sulfone groups is 1. The second-order valence-corrected chi connectivity index (χ2v) is 10.8. The molecule has 2 bridgehead atoms. The van der Waals surface area contributed by atoms with Crippen LogP contribution in [0.3, 0.4) is 0 Å². The number of carbonyl (C=O) groups excluding carboxylic acids is 1. The van der Waals surface area contributed by atoms with Crippen LogP contribution in [0.4, 0.5) is 0 Å². The molecule has 0 spiro atoms. The topological polar surface area (TPSA) is 66.8 Å². The summed E-state index contributed by atoms with van der Waals surface area (Å²) in [5.41, 5.74) is 0. The fourth-order valence-corrected chi connectivity index (χ4v) is 8.90. The largest absolute Gasteiger partial charge is 0.343 e. The summed E-state index contributed by atoms with van der Waals surface area (Å²) in [6.45, 7) is 1.98. The summed E-state index contributed by atoms with van der Waals surface area (Å²) in [5, 5.41) is 0.873. The van der Waals surface area contributed by atoms with Crippen LogP contribution in [-0.4, -0.2) is 53.2 Å². The van der Waals surface area contributed by atoms with Crippen molar-refractivity contribution >= 4 is 32.7 Å². The molecule has 5 atom stereocenters. The summed E-state index contributed by atoms with van der Waals surface area (Å²) >= 11 is 1.54. The van der Waals surface area contributed by atoms with Gasteiger partial charge in [-0.2, -0.15) is 4.99 Å². The van der Waals surface area contributed by atoms with Crippen molar-refractivity contribution in [2.75, 3.05) is 11.5 Å². The molecule has 128 valence electrons. The number of rotatable bonds is 3. The Kier molecular flexibility index (Phi) is 3.99. The first-order valence-corrected chi connectivity index (χ1v) is 11.4. The maximum atomic E-state index is 12.0. The molecule has 2 aliphatic carbocycles. The van der Waals surface area contributed by atoms with Crippen LogP contribution in [-0.2, 0) is 14.6 Å². The zero-order chi connectivity index (χ0) is 16.2. The van der Waals surface area contributed by atoms with E-state index in [1.807, 2.05) is 6.92 Å². The average Bonchev–Trinajstić information content (AvgIpc) is 3.18. The van der Waals surface area contributed by atoms with Gasteiger partial charge in [-0.3, -0.25) is 4.79 Å². The molecule has 4 aliphatic rings. The van der Waals surface area contributed by atoms with E-state index in [4.69, 9.17) is 0 Å². The van der Waals surface area contributed by atoms with Crippen LogP contribution in [0.25, 0.3) is 0 Å². The summed E-state index contributed by atoms with van der Waals surface area (Å²) in [4.78, 5) is 18.7. The van der Waals surface area contributed by atoms with Gasteiger partial charge in [-0.05, 0) is 37.5 Å². The lowest BCUT2D eigenvalue weighted by atomic mass is 9.93. The van der Waals surface area contributed by atoms with E-state index in [0.717, 1.165) is 23.9 Å². The first kappa shape index (κ1) is 15.9. The Labute approximate surface area is 142 Å². The van der Waals surface area contributed by atoms with Gasteiger partial charge in [0.05, 0.1) is 17.5 Å². The van der Waals surface area contributed by atoms with Crippen molar-refractivity contribution in [2.24, 2.45) is 16.8 Å². The Balaban J connectivity index is 1.63. The summed E-state index contributed by atoms with van der Waals surface area (Å²) in [7, 11) is -2.95. The Morgan fingerprint density at radius 1 is 1.26 bits per heavy atom. The Hall–Kier alpha value is -0.560. The molecule has 5 nitrogen and oxygen atoms in total. The zero-order valence-corrected chi connectivity index (χ0v) is 15.1. The van der Waals surface area contributed by atoms with Crippen molar-refractivity contribution in [3.8, 4) is 0 Å². The number of hydrogen-bond acceptors (Lipinski definition) is 4. The number of hydrogen-bond donors (Lipinski definition) is 0. The van der Waals surface area contributed by atoms with Gasteiger partial charge in [-0.15, -0.1) is 0 Å². The summed E-state index contributed by atoms with van der Waals surface area (Å²) in [6, 6.07) is 0.431.